The number of aliphatic hydroxyl groups is 1. The summed E-state index contributed by atoms with van der Waals surface area (Å²) in [5.74, 6) is 0.352. The van der Waals surface area contributed by atoms with Crippen LogP contribution in [0.2, 0.25) is 0 Å². The van der Waals surface area contributed by atoms with Crippen LogP contribution in [-0.4, -0.2) is 18.5 Å². The van der Waals surface area contributed by atoms with Gasteiger partial charge in [0.15, 0.2) is 18.4 Å². The Kier molecular flexibility index (Phi) is 3.97. The first-order chi connectivity index (χ1) is 8.16. The van der Waals surface area contributed by atoms with Crippen LogP contribution in [0.15, 0.2) is 18.2 Å². The number of ether oxygens (including phenoxy) is 2. The summed E-state index contributed by atoms with van der Waals surface area (Å²) in [5, 5.41) is 9.29. The summed E-state index contributed by atoms with van der Waals surface area (Å²) in [4.78, 5) is 0. The molecule has 0 saturated heterocycles. The molecule has 1 saturated carbocycles. The third-order valence-corrected chi connectivity index (χ3v) is 2.79. The van der Waals surface area contributed by atoms with E-state index in [1.807, 2.05) is 0 Å². The summed E-state index contributed by atoms with van der Waals surface area (Å²) in [7, 11) is 0. The first-order valence-electron chi connectivity index (χ1n) is 5.85. The first-order valence-corrected chi connectivity index (χ1v) is 5.85. The third-order valence-electron chi connectivity index (χ3n) is 2.79. The van der Waals surface area contributed by atoms with Gasteiger partial charge in [-0.3, -0.25) is 0 Å². The van der Waals surface area contributed by atoms with Gasteiger partial charge in [-0.15, -0.1) is 0 Å². The standard InChI is InChI=1S/C13H17FO3/c1-9(15)11-4-5-13(12(14)6-11)17-8-16-7-10-2-3-10/h4-6,9-10,15H,2-3,7-8H2,1H3/t9-/m0/s1. The topological polar surface area (TPSA) is 38.7 Å². The maximum Gasteiger partial charge on any atom is 0.189 e. The lowest BCUT2D eigenvalue weighted by Gasteiger charge is -2.10. The fourth-order valence-electron chi connectivity index (χ4n) is 1.50. The summed E-state index contributed by atoms with van der Waals surface area (Å²) in [6.07, 6.45) is 1.76. The highest BCUT2D eigenvalue weighted by Crippen LogP contribution is 2.29. The van der Waals surface area contributed by atoms with Crippen molar-refractivity contribution < 1.29 is 19.0 Å². The van der Waals surface area contributed by atoms with Crippen LogP contribution in [0.1, 0.15) is 31.4 Å². The largest absolute Gasteiger partial charge is 0.464 e. The van der Waals surface area contributed by atoms with Gasteiger partial charge in [0, 0.05) is 0 Å². The van der Waals surface area contributed by atoms with Crippen LogP contribution >= 0.6 is 0 Å². The fourth-order valence-corrected chi connectivity index (χ4v) is 1.50. The van der Waals surface area contributed by atoms with Gasteiger partial charge >= 0.3 is 0 Å². The average molecular weight is 240 g/mol. The van der Waals surface area contributed by atoms with Gasteiger partial charge in [-0.25, -0.2) is 4.39 Å². The van der Waals surface area contributed by atoms with Crippen LogP contribution in [-0.2, 0) is 4.74 Å². The number of hydrogen-bond donors (Lipinski definition) is 1. The van der Waals surface area contributed by atoms with E-state index in [9.17, 15) is 9.50 Å². The first kappa shape index (κ1) is 12.3. The van der Waals surface area contributed by atoms with Crippen LogP contribution in [0, 0.1) is 11.7 Å². The molecular weight excluding hydrogens is 223 g/mol. The molecule has 2 rings (SSSR count). The molecule has 94 valence electrons. The summed E-state index contributed by atoms with van der Waals surface area (Å²) in [6.45, 7) is 2.35. The molecule has 0 radical (unpaired) electrons. The molecule has 1 atom stereocenters. The lowest BCUT2D eigenvalue weighted by molar-refractivity contribution is 0.00788. The molecule has 1 aromatic carbocycles. The van der Waals surface area contributed by atoms with E-state index >= 15 is 0 Å². The van der Waals surface area contributed by atoms with Crippen LogP contribution in [0.5, 0.6) is 5.75 Å². The zero-order valence-corrected chi connectivity index (χ0v) is 9.86. The number of hydrogen-bond acceptors (Lipinski definition) is 3. The summed E-state index contributed by atoms with van der Waals surface area (Å²) < 4.78 is 23.9. The Balaban J connectivity index is 1.82. The lowest BCUT2D eigenvalue weighted by atomic mass is 10.1. The van der Waals surface area contributed by atoms with Crippen molar-refractivity contribution >= 4 is 0 Å². The lowest BCUT2D eigenvalue weighted by Crippen LogP contribution is -2.06. The molecule has 3 nitrogen and oxygen atoms in total. The second-order valence-corrected chi connectivity index (χ2v) is 4.44. The molecule has 0 aromatic heterocycles. The monoisotopic (exact) mass is 240 g/mol. The molecule has 1 aromatic rings. The van der Waals surface area contributed by atoms with E-state index in [2.05, 4.69) is 0 Å². The van der Waals surface area contributed by atoms with E-state index in [4.69, 9.17) is 9.47 Å². The van der Waals surface area contributed by atoms with Crippen molar-refractivity contribution in [1.82, 2.24) is 0 Å². The van der Waals surface area contributed by atoms with E-state index in [0.717, 1.165) is 0 Å². The van der Waals surface area contributed by atoms with Crippen molar-refractivity contribution in [3.8, 4) is 5.75 Å². The molecule has 1 N–H and O–H groups in total. The van der Waals surface area contributed by atoms with E-state index < -0.39 is 11.9 Å². The summed E-state index contributed by atoms with van der Waals surface area (Å²) >= 11 is 0. The van der Waals surface area contributed by atoms with Crippen LogP contribution in [0.3, 0.4) is 0 Å². The molecule has 0 aliphatic heterocycles. The van der Waals surface area contributed by atoms with Gasteiger partial charge in [-0.1, -0.05) is 6.07 Å². The van der Waals surface area contributed by atoms with E-state index in [-0.39, 0.29) is 12.5 Å². The van der Waals surface area contributed by atoms with Crippen molar-refractivity contribution in [2.45, 2.75) is 25.9 Å². The van der Waals surface area contributed by atoms with Gasteiger partial charge in [0.05, 0.1) is 12.7 Å². The highest BCUT2D eigenvalue weighted by molar-refractivity contribution is 5.30. The molecule has 1 fully saturated rings. The Bertz CT molecular complexity index is 375. The molecule has 0 spiro atoms. The second-order valence-electron chi connectivity index (χ2n) is 4.44. The average Bonchev–Trinajstić information content (AvgIpc) is 3.09. The minimum atomic E-state index is -0.676. The molecule has 4 heteroatoms. The van der Waals surface area contributed by atoms with Crippen molar-refractivity contribution in [3.63, 3.8) is 0 Å². The van der Waals surface area contributed by atoms with Gasteiger partial charge < -0.3 is 14.6 Å². The molecule has 1 aliphatic carbocycles. The maximum atomic E-state index is 13.5. The molecule has 0 heterocycles. The molecule has 0 amide bonds. The number of rotatable bonds is 6. The van der Waals surface area contributed by atoms with Gasteiger partial charge in [0.2, 0.25) is 0 Å². The number of aliphatic hydroxyl groups excluding tert-OH is 1. The number of halogens is 1. The maximum absolute atomic E-state index is 13.5. The Morgan fingerprint density at radius 1 is 1.47 bits per heavy atom. The molecular formula is C13H17FO3. The van der Waals surface area contributed by atoms with Crippen molar-refractivity contribution in [2.24, 2.45) is 5.92 Å². The second kappa shape index (κ2) is 5.47. The van der Waals surface area contributed by atoms with E-state index in [1.165, 1.54) is 25.0 Å². The number of benzene rings is 1. The Morgan fingerprint density at radius 3 is 2.82 bits per heavy atom. The van der Waals surface area contributed by atoms with Crippen LogP contribution < -0.4 is 4.74 Å². The molecule has 0 bridgehead atoms. The van der Waals surface area contributed by atoms with Gasteiger partial charge in [0.25, 0.3) is 0 Å². The van der Waals surface area contributed by atoms with Gasteiger partial charge in [-0.2, -0.15) is 0 Å². The third kappa shape index (κ3) is 3.68. The zero-order chi connectivity index (χ0) is 12.3. The van der Waals surface area contributed by atoms with Crippen molar-refractivity contribution in [2.75, 3.05) is 13.4 Å². The SMILES string of the molecule is C[C@H](O)c1ccc(OCOCC2CC2)c(F)c1. The van der Waals surface area contributed by atoms with Crippen molar-refractivity contribution in [3.05, 3.63) is 29.6 Å². The van der Waals surface area contributed by atoms with Crippen LogP contribution in [0.25, 0.3) is 0 Å². The van der Waals surface area contributed by atoms with E-state index in [1.54, 1.807) is 13.0 Å². The fraction of sp³-hybridized carbons (Fsp3) is 0.538. The van der Waals surface area contributed by atoms with Gasteiger partial charge in [0.1, 0.15) is 0 Å². The molecule has 0 unspecified atom stereocenters. The predicted molar refractivity (Wildman–Crippen MR) is 61.2 cm³/mol. The smallest absolute Gasteiger partial charge is 0.189 e. The predicted octanol–water partition coefficient (Wildman–Crippen LogP) is 2.64. The summed E-state index contributed by atoms with van der Waals surface area (Å²) in [6, 6.07) is 4.43. The highest BCUT2D eigenvalue weighted by atomic mass is 19.1. The normalized spacial score (nSPS) is 16.9. The minimum absolute atomic E-state index is 0.0709. The minimum Gasteiger partial charge on any atom is -0.464 e. The molecule has 17 heavy (non-hydrogen) atoms. The summed E-state index contributed by atoms with van der Waals surface area (Å²) in [5.41, 5.74) is 0.536. The quantitative estimate of drug-likeness (QED) is 0.613. The van der Waals surface area contributed by atoms with E-state index in [0.29, 0.717) is 18.1 Å². The molecule has 1 aliphatic rings. The Hall–Kier alpha value is -1.13. The Labute approximate surface area is 100 Å². The van der Waals surface area contributed by atoms with Gasteiger partial charge in [-0.05, 0) is 43.4 Å². The van der Waals surface area contributed by atoms with Crippen molar-refractivity contribution in [1.29, 1.82) is 0 Å². The Morgan fingerprint density at radius 2 is 2.24 bits per heavy atom. The zero-order valence-electron chi connectivity index (χ0n) is 9.86. The van der Waals surface area contributed by atoms with Crippen LogP contribution in [0.4, 0.5) is 4.39 Å². The highest BCUT2D eigenvalue weighted by Gasteiger charge is 2.21.